The molecule has 0 saturated heterocycles. The predicted octanol–water partition coefficient (Wildman–Crippen LogP) is 3.04. The Labute approximate surface area is 122 Å². The molecule has 0 aliphatic rings. The van der Waals surface area contributed by atoms with Crippen LogP contribution in [0.2, 0.25) is 0 Å². The zero-order valence-corrected chi connectivity index (χ0v) is 12.9. The number of methoxy groups -OCH3 is 1. The molecule has 1 rings (SSSR count). The third-order valence-corrected chi connectivity index (χ3v) is 3.21. The Balaban J connectivity index is 2.94. The highest BCUT2D eigenvalue weighted by Gasteiger charge is 2.18. The summed E-state index contributed by atoms with van der Waals surface area (Å²) in [5, 5.41) is 10.5. The maximum atomic E-state index is 12.4. The van der Waals surface area contributed by atoms with Crippen molar-refractivity contribution in [3.8, 4) is 11.5 Å². The normalized spacial score (nSPS) is 10.3. The summed E-state index contributed by atoms with van der Waals surface area (Å²) in [6.45, 7) is 3.40. The molecule has 0 radical (unpaired) electrons. The van der Waals surface area contributed by atoms with E-state index in [0.29, 0.717) is 24.2 Å². The van der Waals surface area contributed by atoms with E-state index >= 15 is 0 Å². The third kappa shape index (κ3) is 4.42. The molecule has 1 aromatic rings. The fraction of sp³-hybridized carbons (Fsp3) is 0.500. The highest BCUT2D eigenvalue weighted by Crippen LogP contribution is 2.24. The topological polar surface area (TPSA) is 49.8 Å². The summed E-state index contributed by atoms with van der Waals surface area (Å²) < 4.78 is 5.09. The number of rotatable bonds is 7. The van der Waals surface area contributed by atoms with Gasteiger partial charge < -0.3 is 14.7 Å². The van der Waals surface area contributed by atoms with Crippen LogP contribution >= 0.6 is 15.9 Å². The smallest absolute Gasteiger partial charge is 0.257 e. The van der Waals surface area contributed by atoms with E-state index in [0.717, 1.165) is 12.8 Å². The van der Waals surface area contributed by atoms with Crippen LogP contribution in [0.25, 0.3) is 0 Å². The van der Waals surface area contributed by atoms with Crippen LogP contribution in [0.15, 0.2) is 18.2 Å². The number of carbonyl (C=O) groups is 1. The zero-order chi connectivity index (χ0) is 14.3. The molecule has 19 heavy (non-hydrogen) atoms. The molecule has 1 aromatic carbocycles. The second-order valence-corrected chi connectivity index (χ2v) is 5.01. The minimum atomic E-state index is -0.163. The van der Waals surface area contributed by atoms with Gasteiger partial charge in [-0.2, -0.15) is 0 Å². The highest BCUT2D eigenvalue weighted by atomic mass is 79.9. The molecule has 4 nitrogen and oxygen atoms in total. The molecule has 5 heteroatoms. The quantitative estimate of drug-likeness (QED) is 0.782. The highest BCUT2D eigenvalue weighted by molar-refractivity contribution is 9.09. The summed E-state index contributed by atoms with van der Waals surface area (Å²) in [5.41, 5.74) is 0.288. The van der Waals surface area contributed by atoms with Crippen molar-refractivity contribution >= 4 is 21.8 Å². The molecule has 0 aliphatic carbocycles. The van der Waals surface area contributed by atoms with Gasteiger partial charge in [-0.15, -0.1) is 0 Å². The van der Waals surface area contributed by atoms with E-state index in [2.05, 4.69) is 22.9 Å². The monoisotopic (exact) mass is 329 g/mol. The van der Waals surface area contributed by atoms with Crippen LogP contribution in [0.1, 0.15) is 30.1 Å². The molecule has 0 aliphatic heterocycles. The van der Waals surface area contributed by atoms with Crippen LogP contribution in [0.3, 0.4) is 0 Å². The van der Waals surface area contributed by atoms with Crippen LogP contribution in [-0.4, -0.2) is 41.4 Å². The van der Waals surface area contributed by atoms with Gasteiger partial charge in [0.15, 0.2) is 0 Å². The van der Waals surface area contributed by atoms with E-state index in [1.54, 1.807) is 17.0 Å². The van der Waals surface area contributed by atoms with E-state index < -0.39 is 0 Å². The van der Waals surface area contributed by atoms with Crippen LogP contribution in [0, 0.1) is 0 Å². The molecule has 1 N–H and O–H groups in total. The van der Waals surface area contributed by atoms with Crippen molar-refractivity contribution in [2.45, 2.75) is 19.8 Å². The van der Waals surface area contributed by atoms with Gasteiger partial charge in [-0.25, -0.2) is 0 Å². The molecule has 0 fully saturated rings. The summed E-state index contributed by atoms with van der Waals surface area (Å²) >= 11 is 3.35. The van der Waals surface area contributed by atoms with Crippen LogP contribution in [0.4, 0.5) is 0 Å². The minimum Gasteiger partial charge on any atom is -0.507 e. The largest absolute Gasteiger partial charge is 0.507 e. The zero-order valence-electron chi connectivity index (χ0n) is 11.4. The van der Waals surface area contributed by atoms with Crippen molar-refractivity contribution in [3.63, 3.8) is 0 Å². The standard InChI is InChI=1S/C14H20BrNO3/c1-3-4-8-16(9-7-15)14(18)12-10-11(19-2)5-6-13(12)17/h5-6,10,17H,3-4,7-9H2,1-2H3. The van der Waals surface area contributed by atoms with E-state index in [4.69, 9.17) is 4.74 Å². The molecule has 0 bridgehead atoms. The SMILES string of the molecule is CCCCN(CCBr)C(=O)c1cc(OC)ccc1O. The molecule has 0 saturated carbocycles. The first-order chi connectivity index (χ1) is 9.13. The lowest BCUT2D eigenvalue weighted by Crippen LogP contribution is -2.33. The van der Waals surface area contributed by atoms with E-state index in [9.17, 15) is 9.90 Å². The van der Waals surface area contributed by atoms with Gasteiger partial charge in [-0.3, -0.25) is 4.79 Å². The van der Waals surface area contributed by atoms with Crippen molar-refractivity contribution in [3.05, 3.63) is 23.8 Å². The Bertz CT molecular complexity index is 423. The van der Waals surface area contributed by atoms with Gasteiger partial charge in [-0.1, -0.05) is 29.3 Å². The summed E-state index contributed by atoms with van der Waals surface area (Å²) in [6.07, 6.45) is 1.97. The summed E-state index contributed by atoms with van der Waals surface area (Å²) in [5.74, 6) is 0.390. The number of hydrogen-bond acceptors (Lipinski definition) is 3. The molecule has 106 valence electrons. The lowest BCUT2D eigenvalue weighted by molar-refractivity contribution is 0.0761. The fourth-order valence-corrected chi connectivity index (χ4v) is 2.18. The van der Waals surface area contributed by atoms with Crippen molar-refractivity contribution in [1.82, 2.24) is 4.90 Å². The number of halogens is 1. The molecule has 1 amide bonds. The van der Waals surface area contributed by atoms with Crippen LogP contribution < -0.4 is 4.74 Å². The van der Waals surface area contributed by atoms with Gasteiger partial charge in [-0.05, 0) is 24.6 Å². The van der Waals surface area contributed by atoms with Gasteiger partial charge in [0.25, 0.3) is 5.91 Å². The van der Waals surface area contributed by atoms with Gasteiger partial charge in [0.2, 0.25) is 0 Å². The molecule has 0 heterocycles. The average Bonchev–Trinajstić information content (AvgIpc) is 2.43. The first-order valence-electron chi connectivity index (χ1n) is 6.36. The number of carbonyl (C=O) groups excluding carboxylic acids is 1. The van der Waals surface area contributed by atoms with Gasteiger partial charge in [0.05, 0.1) is 12.7 Å². The van der Waals surface area contributed by atoms with Crippen LogP contribution in [-0.2, 0) is 0 Å². The van der Waals surface area contributed by atoms with E-state index in [1.165, 1.54) is 13.2 Å². The molecule has 0 unspecified atom stereocenters. The van der Waals surface area contributed by atoms with Crippen molar-refractivity contribution in [2.75, 3.05) is 25.5 Å². The van der Waals surface area contributed by atoms with Gasteiger partial charge >= 0.3 is 0 Å². The summed E-state index contributed by atoms with van der Waals surface area (Å²) in [7, 11) is 1.54. The molecule has 0 atom stereocenters. The number of phenolic OH excluding ortho intramolecular Hbond substituents is 1. The third-order valence-electron chi connectivity index (χ3n) is 2.86. The van der Waals surface area contributed by atoms with E-state index in [1.807, 2.05) is 0 Å². The maximum absolute atomic E-state index is 12.4. The molecular formula is C14H20BrNO3. The number of alkyl halides is 1. The van der Waals surface area contributed by atoms with Gasteiger partial charge in [0.1, 0.15) is 11.5 Å². The van der Waals surface area contributed by atoms with E-state index in [-0.39, 0.29) is 17.2 Å². The number of aromatic hydroxyl groups is 1. The van der Waals surface area contributed by atoms with Crippen LogP contribution in [0.5, 0.6) is 11.5 Å². The number of unbranched alkanes of at least 4 members (excludes halogenated alkanes) is 1. The number of phenols is 1. The number of nitrogens with zero attached hydrogens (tertiary/aromatic N) is 1. The number of ether oxygens (including phenoxy) is 1. The average molecular weight is 330 g/mol. The Kier molecular flexibility index (Phi) is 6.70. The Morgan fingerprint density at radius 2 is 2.16 bits per heavy atom. The lowest BCUT2D eigenvalue weighted by Gasteiger charge is -2.22. The van der Waals surface area contributed by atoms with Crippen molar-refractivity contribution in [1.29, 1.82) is 0 Å². The van der Waals surface area contributed by atoms with Crippen molar-refractivity contribution in [2.24, 2.45) is 0 Å². The summed E-state index contributed by atoms with van der Waals surface area (Å²) in [4.78, 5) is 14.2. The predicted molar refractivity (Wildman–Crippen MR) is 79.3 cm³/mol. The Morgan fingerprint density at radius 1 is 1.42 bits per heavy atom. The summed E-state index contributed by atoms with van der Waals surface area (Å²) in [6, 6.07) is 4.69. The van der Waals surface area contributed by atoms with Crippen molar-refractivity contribution < 1.29 is 14.6 Å². The van der Waals surface area contributed by atoms with Gasteiger partial charge in [0, 0.05) is 18.4 Å². The number of hydrogen-bond donors (Lipinski definition) is 1. The number of amides is 1. The molecule has 0 aromatic heterocycles. The maximum Gasteiger partial charge on any atom is 0.257 e. The Hall–Kier alpha value is -1.23. The first-order valence-corrected chi connectivity index (χ1v) is 7.48. The molecule has 0 spiro atoms. The minimum absolute atomic E-state index is 0.0122. The first kappa shape index (κ1) is 15.8. The Morgan fingerprint density at radius 3 is 2.74 bits per heavy atom. The second-order valence-electron chi connectivity index (χ2n) is 4.22. The molecular weight excluding hydrogens is 310 g/mol. The fourth-order valence-electron chi connectivity index (χ4n) is 1.75. The lowest BCUT2D eigenvalue weighted by atomic mass is 10.1. The number of benzene rings is 1. The second kappa shape index (κ2) is 8.04.